The van der Waals surface area contributed by atoms with Gasteiger partial charge in [0.1, 0.15) is 0 Å². The Morgan fingerprint density at radius 3 is 2.90 bits per heavy atom. The molecule has 0 spiro atoms. The number of likely N-dealkylation sites (N-methyl/N-ethyl adjacent to an activating group) is 1. The minimum atomic E-state index is 0.0225. The standard InChI is InChI=1S/C18H25NO2/c1-4-18-10-6-5-7-13(18)14(19-2)11-12-8-9-15(21-3)17(20)16(12)18/h5,7-9,13-14,19-20H,4,6,10-11H2,1-3H3/t13-,14+,18-/m0/s1. The summed E-state index contributed by atoms with van der Waals surface area (Å²) < 4.78 is 5.35. The molecular formula is C18H25NO2. The normalized spacial score (nSPS) is 30.6. The third-order valence-electron chi connectivity index (χ3n) is 5.56. The summed E-state index contributed by atoms with van der Waals surface area (Å²) in [6.07, 6.45) is 8.82. The monoisotopic (exact) mass is 287 g/mol. The van der Waals surface area contributed by atoms with Crippen LogP contribution in [0.25, 0.3) is 0 Å². The van der Waals surface area contributed by atoms with Gasteiger partial charge in [-0.2, -0.15) is 0 Å². The van der Waals surface area contributed by atoms with E-state index < -0.39 is 0 Å². The highest BCUT2D eigenvalue weighted by atomic mass is 16.5. The number of hydrogen-bond donors (Lipinski definition) is 2. The minimum Gasteiger partial charge on any atom is -0.504 e. The van der Waals surface area contributed by atoms with Gasteiger partial charge in [0.15, 0.2) is 11.5 Å². The van der Waals surface area contributed by atoms with E-state index in [2.05, 4.69) is 30.5 Å². The van der Waals surface area contributed by atoms with E-state index in [-0.39, 0.29) is 5.41 Å². The highest BCUT2D eigenvalue weighted by molar-refractivity contribution is 5.56. The second kappa shape index (κ2) is 5.38. The number of rotatable bonds is 3. The summed E-state index contributed by atoms with van der Waals surface area (Å²) in [5.41, 5.74) is 2.42. The molecule has 2 aliphatic carbocycles. The second-order valence-electron chi connectivity index (χ2n) is 6.25. The van der Waals surface area contributed by atoms with Gasteiger partial charge in [-0.15, -0.1) is 0 Å². The molecule has 114 valence electrons. The van der Waals surface area contributed by atoms with Gasteiger partial charge in [0.05, 0.1) is 7.11 Å². The van der Waals surface area contributed by atoms with Crippen LogP contribution < -0.4 is 10.1 Å². The summed E-state index contributed by atoms with van der Waals surface area (Å²) in [6.45, 7) is 2.24. The van der Waals surface area contributed by atoms with Gasteiger partial charge in [-0.1, -0.05) is 25.1 Å². The number of ether oxygens (including phenoxy) is 1. The average Bonchev–Trinajstić information content (AvgIpc) is 2.53. The molecule has 0 heterocycles. The number of allylic oxidation sites excluding steroid dienone is 1. The Balaban J connectivity index is 2.24. The zero-order valence-corrected chi connectivity index (χ0v) is 13.1. The van der Waals surface area contributed by atoms with Crippen molar-refractivity contribution in [3.63, 3.8) is 0 Å². The number of nitrogens with one attached hydrogen (secondary N) is 1. The Morgan fingerprint density at radius 1 is 1.43 bits per heavy atom. The van der Waals surface area contributed by atoms with E-state index in [9.17, 15) is 5.11 Å². The topological polar surface area (TPSA) is 41.5 Å². The van der Waals surface area contributed by atoms with Gasteiger partial charge in [-0.3, -0.25) is 0 Å². The van der Waals surface area contributed by atoms with E-state index in [0.29, 0.717) is 23.5 Å². The fraction of sp³-hybridized carbons (Fsp3) is 0.556. The molecule has 1 aromatic carbocycles. The molecule has 0 aromatic heterocycles. The molecule has 21 heavy (non-hydrogen) atoms. The van der Waals surface area contributed by atoms with Crippen LogP contribution in [0.1, 0.15) is 37.3 Å². The van der Waals surface area contributed by atoms with Crippen LogP contribution in [-0.4, -0.2) is 25.3 Å². The van der Waals surface area contributed by atoms with Crippen LogP contribution in [0.5, 0.6) is 11.5 Å². The minimum absolute atomic E-state index is 0.0225. The van der Waals surface area contributed by atoms with Gasteiger partial charge in [0, 0.05) is 22.9 Å². The van der Waals surface area contributed by atoms with Crippen LogP contribution in [0.2, 0.25) is 0 Å². The molecule has 0 radical (unpaired) electrons. The van der Waals surface area contributed by atoms with Crippen molar-refractivity contribution in [2.75, 3.05) is 14.2 Å². The van der Waals surface area contributed by atoms with Crippen LogP contribution in [-0.2, 0) is 11.8 Å². The predicted octanol–water partition coefficient (Wildman–Crippen LogP) is 3.16. The molecule has 3 rings (SSSR count). The number of aromatic hydroxyl groups is 1. The molecule has 3 heteroatoms. The number of benzene rings is 1. The molecule has 0 fully saturated rings. The first kappa shape index (κ1) is 14.5. The van der Waals surface area contributed by atoms with E-state index in [4.69, 9.17) is 4.74 Å². The van der Waals surface area contributed by atoms with Crippen molar-refractivity contribution in [1.29, 1.82) is 0 Å². The highest BCUT2D eigenvalue weighted by Crippen LogP contribution is 2.54. The molecule has 0 saturated heterocycles. The summed E-state index contributed by atoms with van der Waals surface area (Å²) >= 11 is 0. The Morgan fingerprint density at radius 2 is 2.24 bits per heavy atom. The summed E-state index contributed by atoms with van der Waals surface area (Å²) in [5.74, 6) is 1.39. The van der Waals surface area contributed by atoms with Crippen LogP contribution in [0.15, 0.2) is 24.3 Å². The van der Waals surface area contributed by atoms with Gasteiger partial charge in [-0.05, 0) is 44.4 Å². The number of methoxy groups -OCH3 is 1. The van der Waals surface area contributed by atoms with Crippen molar-refractivity contribution in [3.8, 4) is 11.5 Å². The van der Waals surface area contributed by atoms with Gasteiger partial charge < -0.3 is 15.2 Å². The van der Waals surface area contributed by atoms with Gasteiger partial charge in [0.25, 0.3) is 0 Å². The zero-order valence-electron chi connectivity index (χ0n) is 13.1. The molecule has 0 unspecified atom stereocenters. The van der Waals surface area contributed by atoms with Gasteiger partial charge >= 0.3 is 0 Å². The number of fused-ring (bicyclic) bond motifs is 3. The van der Waals surface area contributed by atoms with E-state index in [1.165, 1.54) is 5.56 Å². The lowest BCUT2D eigenvalue weighted by molar-refractivity contribution is 0.193. The van der Waals surface area contributed by atoms with E-state index >= 15 is 0 Å². The highest BCUT2D eigenvalue weighted by Gasteiger charge is 2.48. The summed E-state index contributed by atoms with van der Waals surface area (Å²) in [5, 5.41) is 14.2. The molecule has 2 N–H and O–H groups in total. The van der Waals surface area contributed by atoms with Crippen molar-refractivity contribution >= 4 is 0 Å². The van der Waals surface area contributed by atoms with Crippen molar-refractivity contribution in [1.82, 2.24) is 5.32 Å². The average molecular weight is 287 g/mol. The van der Waals surface area contributed by atoms with Crippen molar-refractivity contribution in [2.45, 2.75) is 44.1 Å². The molecule has 0 saturated carbocycles. The quantitative estimate of drug-likeness (QED) is 0.839. The van der Waals surface area contributed by atoms with Crippen LogP contribution in [0.4, 0.5) is 0 Å². The maximum Gasteiger partial charge on any atom is 0.161 e. The summed E-state index contributed by atoms with van der Waals surface area (Å²) in [7, 11) is 3.67. The lowest BCUT2D eigenvalue weighted by Crippen LogP contribution is -2.51. The van der Waals surface area contributed by atoms with Gasteiger partial charge in [-0.25, -0.2) is 0 Å². The van der Waals surface area contributed by atoms with E-state index in [1.807, 2.05) is 13.1 Å². The third kappa shape index (κ3) is 1.98. The lowest BCUT2D eigenvalue weighted by Gasteiger charge is -2.50. The fourth-order valence-electron chi connectivity index (χ4n) is 4.48. The largest absolute Gasteiger partial charge is 0.504 e. The molecular weight excluding hydrogens is 262 g/mol. The molecule has 0 amide bonds. The Labute approximate surface area is 127 Å². The Hall–Kier alpha value is -1.48. The van der Waals surface area contributed by atoms with E-state index in [1.54, 1.807) is 7.11 Å². The maximum atomic E-state index is 10.8. The first-order chi connectivity index (χ1) is 10.2. The van der Waals surface area contributed by atoms with Crippen LogP contribution in [0.3, 0.4) is 0 Å². The molecule has 1 aromatic rings. The number of phenolic OH excluding ortho intramolecular Hbond substituents is 1. The summed E-state index contributed by atoms with van der Waals surface area (Å²) in [4.78, 5) is 0. The molecule has 0 aliphatic heterocycles. The van der Waals surface area contributed by atoms with Crippen molar-refractivity contribution in [2.24, 2.45) is 5.92 Å². The summed E-state index contributed by atoms with van der Waals surface area (Å²) in [6, 6.07) is 4.45. The number of phenols is 1. The Bertz CT molecular complexity index is 567. The molecule has 2 aliphatic rings. The lowest BCUT2D eigenvalue weighted by atomic mass is 9.56. The zero-order chi connectivity index (χ0) is 15.0. The maximum absolute atomic E-state index is 10.8. The number of hydrogen-bond acceptors (Lipinski definition) is 3. The molecule has 0 bridgehead atoms. The van der Waals surface area contributed by atoms with Gasteiger partial charge in [0.2, 0.25) is 0 Å². The molecule has 3 nitrogen and oxygen atoms in total. The van der Waals surface area contributed by atoms with Crippen LogP contribution in [0, 0.1) is 5.92 Å². The third-order valence-corrected chi connectivity index (χ3v) is 5.56. The van der Waals surface area contributed by atoms with Crippen molar-refractivity contribution < 1.29 is 9.84 Å². The SMILES string of the molecule is CC[C@]12CCC=C[C@H]1[C@H](NC)Cc1ccc(OC)c(O)c12. The molecule has 3 atom stereocenters. The fourth-order valence-corrected chi connectivity index (χ4v) is 4.48. The van der Waals surface area contributed by atoms with E-state index in [0.717, 1.165) is 31.2 Å². The second-order valence-corrected chi connectivity index (χ2v) is 6.25. The Kier molecular flexibility index (Phi) is 3.70. The van der Waals surface area contributed by atoms with Crippen LogP contribution >= 0.6 is 0 Å². The predicted molar refractivity (Wildman–Crippen MR) is 85.0 cm³/mol. The first-order valence-electron chi connectivity index (χ1n) is 7.91. The van der Waals surface area contributed by atoms with Crippen molar-refractivity contribution in [3.05, 3.63) is 35.4 Å². The first-order valence-corrected chi connectivity index (χ1v) is 7.91. The smallest absolute Gasteiger partial charge is 0.161 e.